The van der Waals surface area contributed by atoms with Gasteiger partial charge in [0, 0.05) is 0 Å². The highest BCUT2D eigenvalue weighted by Gasteiger charge is 2.03. The third kappa shape index (κ3) is 4.38. The molecule has 0 amide bonds. The summed E-state index contributed by atoms with van der Waals surface area (Å²) in [6.07, 6.45) is 13.3. The SMILES string of the molecule is CCCCCCCCC[CH]c1cccc2cc3ccccc3cc12. The Labute approximate surface area is 146 Å². The third-order valence-electron chi connectivity index (χ3n) is 4.95. The van der Waals surface area contributed by atoms with Crippen LogP contribution in [0.2, 0.25) is 0 Å². The number of hydrogen-bond acceptors (Lipinski definition) is 0. The van der Waals surface area contributed by atoms with Crippen LogP contribution in [0.5, 0.6) is 0 Å². The van der Waals surface area contributed by atoms with Crippen molar-refractivity contribution in [2.24, 2.45) is 0 Å². The molecule has 0 heterocycles. The van der Waals surface area contributed by atoms with E-state index in [-0.39, 0.29) is 0 Å². The summed E-state index contributed by atoms with van der Waals surface area (Å²) in [7, 11) is 0. The van der Waals surface area contributed by atoms with Gasteiger partial charge in [0.2, 0.25) is 0 Å². The fraction of sp³-hybridized carbons (Fsp3) is 0.375. The molecule has 0 fully saturated rings. The summed E-state index contributed by atoms with van der Waals surface area (Å²) in [6.45, 7) is 2.28. The van der Waals surface area contributed by atoms with Crippen LogP contribution in [0.15, 0.2) is 54.6 Å². The van der Waals surface area contributed by atoms with Gasteiger partial charge in [-0.3, -0.25) is 0 Å². The summed E-state index contributed by atoms with van der Waals surface area (Å²) in [4.78, 5) is 0. The van der Waals surface area contributed by atoms with Crippen molar-refractivity contribution < 1.29 is 0 Å². The van der Waals surface area contributed by atoms with E-state index in [1.165, 1.54) is 78.5 Å². The van der Waals surface area contributed by atoms with E-state index in [9.17, 15) is 0 Å². The molecule has 0 saturated carbocycles. The highest BCUT2D eigenvalue weighted by atomic mass is 14.1. The van der Waals surface area contributed by atoms with Crippen LogP contribution in [0.4, 0.5) is 0 Å². The zero-order valence-corrected chi connectivity index (χ0v) is 14.9. The van der Waals surface area contributed by atoms with Crippen LogP contribution < -0.4 is 0 Å². The molecule has 0 aliphatic heterocycles. The van der Waals surface area contributed by atoms with Gasteiger partial charge in [-0.25, -0.2) is 0 Å². The molecule has 125 valence electrons. The quantitative estimate of drug-likeness (QED) is 0.280. The Morgan fingerprint density at radius 2 is 1.33 bits per heavy atom. The molecular weight excluding hydrogens is 288 g/mol. The average Bonchev–Trinajstić information content (AvgIpc) is 2.62. The largest absolute Gasteiger partial charge is 0.0654 e. The molecule has 24 heavy (non-hydrogen) atoms. The first-order valence-corrected chi connectivity index (χ1v) is 9.63. The van der Waals surface area contributed by atoms with Gasteiger partial charge in [-0.05, 0) is 52.1 Å². The van der Waals surface area contributed by atoms with E-state index in [1.807, 2.05) is 0 Å². The molecule has 0 aromatic heterocycles. The van der Waals surface area contributed by atoms with Gasteiger partial charge in [-0.1, -0.05) is 94.3 Å². The van der Waals surface area contributed by atoms with E-state index in [4.69, 9.17) is 0 Å². The van der Waals surface area contributed by atoms with Gasteiger partial charge < -0.3 is 0 Å². The molecule has 0 atom stereocenters. The molecule has 0 nitrogen and oxygen atoms in total. The molecule has 0 heteroatoms. The van der Waals surface area contributed by atoms with Crippen molar-refractivity contribution in [3.63, 3.8) is 0 Å². The Kier molecular flexibility index (Phi) is 6.29. The fourth-order valence-corrected chi connectivity index (χ4v) is 3.53. The number of rotatable bonds is 9. The lowest BCUT2D eigenvalue weighted by Crippen LogP contribution is -1.87. The van der Waals surface area contributed by atoms with Crippen molar-refractivity contribution in [2.45, 2.75) is 58.3 Å². The van der Waals surface area contributed by atoms with Crippen molar-refractivity contribution >= 4 is 21.5 Å². The molecule has 0 saturated heterocycles. The Morgan fingerprint density at radius 3 is 2.12 bits per heavy atom. The van der Waals surface area contributed by atoms with Crippen LogP contribution in [-0.4, -0.2) is 0 Å². The van der Waals surface area contributed by atoms with Gasteiger partial charge in [0.05, 0.1) is 0 Å². The molecule has 0 spiro atoms. The molecule has 3 aromatic rings. The standard InChI is InChI=1S/C24H29/c1-2-3-4-5-6-7-8-9-13-20-16-12-17-23-18-21-14-10-11-15-22(21)19-24(20)23/h10-19H,2-9H2,1H3. The second kappa shape index (κ2) is 8.87. The maximum Gasteiger partial charge on any atom is -0.00867 e. The van der Waals surface area contributed by atoms with Gasteiger partial charge in [0.25, 0.3) is 0 Å². The van der Waals surface area contributed by atoms with E-state index in [2.05, 4.69) is 67.9 Å². The Balaban J connectivity index is 1.59. The van der Waals surface area contributed by atoms with E-state index in [0.717, 1.165) is 0 Å². The van der Waals surface area contributed by atoms with Gasteiger partial charge in [-0.2, -0.15) is 0 Å². The maximum atomic E-state index is 2.43. The summed E-state index contributed by atoms with van der Waals surface area (Å²) in [5, 5.41) is 5.40. The molecule has 0 bridgehead atoms. The summed E-state index contributed by atoms with van der Waals surface area (Å²) in [5.41, 5.74) is 1.39. The maximum absolute atomic E-state index is 2.43. The van der Waals surface area contributed by atoms with Crippen LogP contribution in [0.1, 0.15) is 63.9 Å². The third-order valence-corrected chi connectivity index (χ3v) is 4.95. The highest BCUT2D eigenvalue weighted by Crippen LogP contribution is 2.27. The second-order valence-corrected chi connectivity index (χ2v) is 6.88. The van der Waals surface area contributed by atoms with Crippen molar-refractivity contribution in [1.29, 1.82) is 0 Å². The first-order chi connectivity index (χ1) is 11.9. The summed E-state index contributed by atoms with van der Waals surface area (Å²) in [6, 6.07) is 20.0. The van der Waals surface area contributed by atoms with Crippen LogP contribution in [-0.2, 0) is 0 Å². The normalized spacial score (nSPS) is 11.4. The Morgan fingerprint density at radius 1 is 0.667 bits per heavy atom. The molecule has 1 radical (unpaired) electrons. The predicted molar refractivity (Wildman–Crippen MR) is 107 cm³/mol. The predicted octanol–water partition coefficient (Wildman–Crippen LogP) is 7.69. The van der Waals surface area contributed by atoms with Gasteiger partial charge in [0.1, 0.15) is 0 Å². The summed E-state index contributed by atoms with van der Waals surface area (Å²) < 4.78 is 0. The van der Waals surface area contributed by atoms with Crippen LogP contribution in [0.3, 0.4) is 0 Å². The van der Waals surface area contributed by atoms with Crippen molar-refractivity contribution in [3.05, 3.63) is 66.6 Å². The Bertz CT molecular complexity index is 769. The molecule has 0 N–H and O–H groups in total. The van der Waals surface area contributed by atoms with E-state index in [0.29, 0.717) is 0 Å². The summed E-state index contributed by atoms with van der Waals surface area (Å²) >= 11 is 0. The lowest BCUT2D eigenvalue weighted by Gasteiger charge is -2.08. The molecule has 0 unspecified atom stereocenters. The lowest BCUT2D eigenvalue weighted by molar-refractivity contribution is 0.589. The second-order valence-electron chi connectivity index (χ2n) is 6.88. The lowest BCUT2D eigenvalue weighted by atomic mass is 9.96. The molecule has 3 aromatic carbocycles. The van der Waals surface area contributed by atoms with E-state index in [1.54, 1.807) is 0 Å². The van der Waals surface area contributed by atoms with E-state index >= 15 is 0 Å². The number of fused-ring (bicyclic) bond motifs is 2. The van der Waals surface area contributed by atoms with Crippen LogP contribution in [0.25, 0.3) is 21.5 Å². The molecule has 3 rings (SSSR count). The fourth-order valence-electron chi connectivity index (χ4n) is 3.53. The van der Waals surface area contributed by atoms with Crippen LogP contribution >= 0.6 is 0 Å². The summed E-state index contributed by atoms with van der Waals surface area (Å²) in [5.74, 6) is 0. The minimum Gasteiger partial charge on any atom is -0.0654 e. The molecule has 0 aliphatic carbocycles. The minimum absolute atomic E-state index is 1.19. The first-order valence-electron chi connectivity index (χ1n) is 9.63. The number of unbranched alkanes of at least 4 members (excludes halogenated alkanes) is 7. The van der Waals surface area contributed by atoms with Gasteiger partial charge >= 0.3 is 0 Å². The zero-order valence-electron chi connectivity index (χ0n) is 14.9. The smallest absolute Gasteiger partial charge is 0.00867 e. The van der Waals surface area contributed by atoms with Crippen LogP contribution in [0, 0.1) is 6.42 Å². The monoisotopic (exact) mass is 317 g/mol. The van der Waals surface area contributed by atoms with Crippen molar-refractivity contribution in [1.82, 2.24) is 0 Å². The van der Waals surface area contributed by atoms with Crippen molar-refractivity contribution in [2.75, 3.05) is 0 Å². The van der Waals surface area contributed by atoms with Gasteiger partial charge in [-0.15, -0.1) is 0 Å². The first kappa shape index (κ1) is 17.0. The molecular formula is C24H29. The van der Waals surface area contributed by atoms with Gasteiger partial charge in [0.15, 0.2) is 0 Å². The Hall–Kier alpha value is -1.82. The average molecular weight is 317 g/mol. The van der Waals surface area contributed by atoms with E-state index < -0.39 is 0 Å². The number of benzene rings is 3. The molecule has 0 aliphatic rings. The minimum atomic E-state index is 1.19. The van der Waals surface area contributed by atoms with Crippen molar-refractivity contribution in [3.8, 4) is 0 Å². The number of hydrogen-bond donors (Lipinski definition) is 0. The highest BCUT2D eigenvalue weighted by molar-refractivity contribution is 6.00. The topological polar surface area (TPSA) is 0 Å². The zero-order chi connectivity index (χ0) is 16.6.